The molecule has 3 N–H and O–H groups in total. The quantitative estimate of drug-likeness (QED) is 0.815. The van der Waals surface area contributed by atoms with Crippen LogP contribution in [0.15, 0.2) is 24.3 Å². The molecule has 0 aliphatic heterocycles. The summed E-state index contributed by atoms with van der Waals surface area (Å²) in [5.74, 6) is 0.893. The minimum absolute atomic E-state index is 0. The zero-order chi connectivity index (χ0) is 9.84. The van der Waals surface area contributed by atoms with Gasteiger partial charge in [-0.1, -0.05) is 26.0 Å². The SMILES string of the molecule is CC(C)C[C@H](N)c1ccc(O)cc1.Cl. The number of phenolic OH excluding ortho intramolecular Hbond substituents is 1. The van der Waals surface area contributed by atoms with Gasteiger partial charge in [0.05, 0.1) is 0 Å². The molecule has 0 unspecified atom stereocenters. The van der Waals surface area contributed by atoms with Gasteiger partial charge in [-0.25, -0.2) is 0 Å². The van der Waals surface area contributed by atoms with Crippen molar-refractivity contribution in [3.05, 3.63) is 29.8 Å². The highest BCUT2D eigenvalue weighted by Crippen LogP contribution is 2.20. The molecule has 1 rings (SSSR count). The summed E-state index contributed by atoms with van der Waals surface area (Å²) in [6.45, 7) is 4.31. The molecule has 0 aliphatic carbocycles. The van der Waals surface area contributed by atoms with Crippen LogP contribution in [0.5, 0.6) is 5.75 Å². The maximum absolute atomic E-state index is 9.08. The third kappa shape index (κ3) is 3.99. The van der Waals surface area contributed by atoms with Crippen molar-refractivity contribution in [2.75, 3.05) is 0 Å². The zero-order valence-electron chi connectivity index (χ0n) is 8.60. The second-order valence-corrected chi connectivity index (χ2v) is 3.83. The fraction of sp³-hybridized carbons (Fsp3) is 0.455. The summed E-state index contributed by atoms with van der Waals surface area (Å²) in [4.78, 5) is 0. The second-order valence-electron chi connectivity index (χ2n) is 3.83. The Kier molecular flexibility index (Phi) is 5.58. The first kappa shape index (κ1) is 13.3. The molecule has 0 radical (unpaired) electrons. The van der Waals surface area contributed by atoms with Crippen LogP contribution in [0.3, 0.4) is 0 Å². The summed E-state index contributed by atoms with van der Waals surface area (Å²) in [6, 6.07) is 7.19. The number of benzene rings is 1. The van der Waals surface area contributed by atoms with Gasteiger partial charge in [0.15, 0.2) is 0 Å². The van der Waals surface area contributed by atoms with Crippen molar-refractivity contribution in [2.45, 2.75) is 26.3 Å². The van der Waals surface area contributed by atoms with E-state index in [-0.39, 0.29) is 18.4 Å². The van der Waals surface area contributed by atoms with E-state index in [0.717, 1.165) is 12.0 Å². The van der Waals surface area contributed by atoms with Gasteiger partial charge in [-0.05, 0) is 30.0 Å². The molecule has 3 heteroatoms. The van der Waals surface area contributed by atoms with Crippen molar-refractivity contribution < 1.29 is 5.11 Å². The highest BCUT2D eigenvalue weighted by Gasteiger charge is 2.07. The summed E-state index contributed by atoms with van der Waals surface area (Å²) >= 11 is 0. The topological polar surface area (TPSA) is 46.2 Å². The maximum atomic E-state index is 9.08. The van der Waals surface area contributed by atoms with E-state index in [2.05, 4.69) is 13.8 Å². The number of hydrogen-bond acceptors (Lipinski definition) is 2. The van der Waals surface area contributed by atoms with Crippen LogP contribution in [0.4, 0.5) is 0 Å². The molecule has 1 aromatic carbocycles. The van der Waals surface area contributed by atoms with Crippen LogP contribution < -0.4 is 5.73 Å². The van der Waals surface area contributed by atoms with Gasteiger partial charge < -0.3 is 10.8 Å². The Hall–Kier alpha value is -0.730. The van der Waals surface area contributed by atoms with E-state index in [0.29, 0.717) is 11.7 Å². The van der Waals surface area contributed by atoms with E-state index >= 15 is 0 Å². The van der Waals surface area contributed by atoms with Crippen LogP contribution in [0.2, 0.25) is 0 Å². The van der Waals surface area contributed by atoms with Crippen molar-refractivity contribution in [1.82, 2.24) is 0 Å². The van der Waals surface area contributed by atoms with Gasteiger partial charge in [-0.3, -0.25) is 0 Å². The van der Waals surface area contributed by atoms with Gasteiger partial charge in [0.25, 0.3) is 0 Å². The molecule has 0 saturated heterocycles. The van der Waals surface area contributed by atoms with Gasteiger partial charge in [0, 0.05) is 6.04 Å². The Morgan fingerprint density at radius 3 is 2.14 bits per heavy atom. The lowest BCUT2D eigenvalue weighted by Gasteiger charge is -2.14. The Labute approximate surface area is 91.5 Å². The molecule has 1 aromatic rings. The molecule has 0 saturated carbocycles. The molecule has 0 bridgehead atoms. The third-order valence-electron chi connectivity index (χ3n) is 2.05. The molecule has 0 aromatic heterocycles. The first-order valence-electron chi connectivity index (χ1n) is 4.64. The van der Waals surface area contributed by atoms with Gasteiger partial charge in [-0.2, -0.15) is 0 Å². The van der Waals surface area contributed by atoms with E-state index in [1.807, 2.05) is 12.1 Å². The van der Waals surface area contributed by atoms with Gasteiger partial charge in [0.2, 0.25) is 0 Å². The fourth-order valence-electron chi connectivity index (χ4n) is 1.37. The average Bonchev–Trinajstić information content (AvgIpc) is 2.04. The highest BCUT2D eigenvalue weighted by atomic mass is 35.5. The molecular weight excluding hydrogens is 198 g/mol. The summed E-state index contributed by atoms with van der Waals surface area (Å²) in [5.41, 5.74) is 7.05. The Morgan fingerprint density at radius 2 is 1.71 bits per heavy atom. The van der Waals surface area contributed by atoms with Gasteiger partial charge >= 0.3 is 0 Å². The molecule has 0 fully saturated rings. The first-order chi connectivity index (χ1) is 6.09. The number of aromatic hydroxyl groups is 1. The lowest BCUT2D eigenvalue weighted by Crippen LogP contribution is -2.12. The number of rotatable bonds is 3. The van der Waals surface area contributed by atoms with Gasteiger partial charge in [-0.15, -0.1) is 12.4 Å². The van der Waals surface area contributed by atoms with Crippen LogP contribution in [0.25, 0.3) is 0 Å². The van der Waals surface area contributed by atoms with Crippen molar-refractivity contribution in [3.8, 4) is 5.75 Å². The maximum Gasteiger partial charge on any atom is 0.115 e. The van der Waals surface area contributed by atoms with E-state index in [1.165, 1.54) is 0 Å². The third-order valence-corrected chi connectivity index (χ3v) is 2.05. The Bertz CT molecular complexity index is 258. The smallest absolute Gasteiger partial charge is 0.115 e. The van der Waals surface area contributed by atoms with Crippen LogP contribution in [-0.2, 0) is 0 Å². The summed E-state index contributed by atoms with van der Waals surface area (Å²) in [7, 11) is 0. The number of halogens is 1. The number of hydrogen-bond donors (Lipinski definition) is 2. The van der Waals surface area contributed by atoms with E-state index in [9.17, 15) is 0 Å². The summed E-state index contributed by atoms with van der Waals surface area (Å²) < 4.78 is 0. The van der Waals surface area contributed by atoms with Crippen molar-refractivity contribution in [3.63, 3.8) is 0 Å². The average molecular weight is 216 g/mol. The zero-order valence-corrected chi connectivity index (χ0v) is 9.42. The first-order valence-corrected chi connectivity index (χ1v) is 4.64. The van der Waals surface area contributed by atoms with Crippen molar-refractivity contribution in [1.29, 1.82) is 0 Å². The lowest BCUT2D eigenvalue weighted by molar-refractivity contribution is 0.473. The Balaban J connectivity index is 0.00000169. The van der Waals surface area contributed by atoms with Crippen LogP contribution in [-0.4, -0.2) is 5.11 Å². The molecule has 14 heavy (non-hydrogen) atoms. The predicted molar refractivity (Wildman–Crippen MR) is 61.7 cm³/mol. The van der Waals surface area contributed by atoms with E-state index < -0.39 is 0 Å². The standard InChI is InChI=1S/C11H17NO.ClH/c1-8(2)7-11(12)9-3-5-10(13)6-4-9;/h3-6,8,11,13H,7,12H2,1-2H3;1H/t11-;/m0./s1. The van der Waals surface area contributed by atoms with Crippen LogP contribution in [0, 0.1) is 5.92 Å². The summed E-state index contributed by atoms with van der Waals surface area (Å²) in [5, 5.41) is 9.08. The highest BCUT2D eigenvalue weighted by molar-refractivity contribution is 5.85. The molecule has 0 aliphatic rings. The number of nitrogens with two attached hydrogens (primary N) is 1. The molecular formula is C11H18ClNO. The van der Waals surface area contributed by atoms with Crippen molar-refractivity contribution in [2.24, 2.45) is 11.7 Å². The van der Waals surface area contributed by atoms with E-state index in [1.54, 1.807) is 12.1 Å². The normalized spacial score (nSPS) is 12.3. The second kappa shape index (κ2) is 5.89. The Morgan fingerprint density at radius 1 is 1.21 bits per heavy atom. The molecule has 1 atom stereocenters. The predicted octanol–water partition coefficient (Wildman–Crippen LogP) is 2.86. The largest absolute Gasteiger partial charge is 0.508 e. The molecule has 80 valence electrons. The van der Waals surface area contributed by atoms with Gasteiger partial charge in [0.1, 0.15) is 5.75 Å². The monoisotopic (exact) mass is 215 g/mol. The number of phenols is 1. The minimum atomic E-state index is 0. The minimum Gasteiger partial charge on any atom is -0.508 e. The van der Waals surface area contributed by atoms with Crippen LogP contribution in [0.1, 0.15) is 31.9 Å². The molecule has 2 nitrogen and oxygen atoms in total. The summed E-state index contributed by atoms with van der Waals surface area (Å²) in [6.07, 6.45) is 0.977. The molecule has 0 heterocycles. The van der Waals surface area contributed by atoms with Crippen LogP contribution >= 0.6 is 12.4 Å². The molecule has 0 spiro atoms. The fourth-order valence-corrected chi connectivity index (χ4v) is 1.37. The van der Waals surface area contributed by atoms with Crippen molar-refractivity contribution >= 4 is 12.4 Å². The molecule has 0 amide bonds. The lowest BCUT2D eigenvalue weighted by atomic mass is 9.98. The van der Waals surface area contributed by atoms with E-state index in [4.69, 9.17) is 10.8 Å².